The average molecular weight is 508 g/mol. The van der Waals surface area contributed by atoms with Gasteiger partial charge in [-0.05, 0) is 49.4 Å². The van der Waals surface area contributed by atoms with E-state index in [9.17, 15) is 13.2 Å². The molecule has 4 rings (SSSR count). The van der Waals surface area contributed by atoms with Crippen LogP contribution in [0.5, 0.6) is 11.5 Å². The Balaban J connectivity index is 1.64. The summed E-state index contributed by atoms with van der Waals surface area (Å²) in [5.74, 6) is 1.18. The Morgan fingerprint density at radius 1 is 1.06 bits per heavy atom. The van der Waals surface area contributed by atoms with Gasteiger partial charge in [-0.2, -0.15) is 0 Å². The lowest BCUT2D eigenvalue weighted by Gasteiger charge is -2.17. The van der Waals surface area contributed by atoms with Gasteiger partial charge in [-0.25, -0.2) is 8.42 Å². The number of carbonyl (C=O) groups is 1. The Morgan fingerprint density at radius 3 is 2.31 bits per heavy atom. The fraction of sp³-hybridized carbons (Fsp3) is 0.154. The third kappa shape index (κ3) is 4.76. The van der Waals surface area contributed by atoms with Gasteiger partial charge in [-0.15, -0.1) is 0 Å². The molecule has 0 spiro atoms. The van der Waals surface area contributed by atoms with E-state index >= 15 is 0 Å². The van der Waals surface area contributed by atoms with Crippen molar-refractivity contribution in [3.05, 3.63) is 84.3 Å². The van der Waals surface area contributed by atoms with Gasteiger partial charge in [0, 0.05) is 47.6 Å². The summed E-state index contributed by atoms with van der Waals surface area (Å²) in [5, 5.41) is 3.64. The summed E-state index contributed by atoms with van der Waals surface area (Å²) < 4.78 is 45.5. The number of hydrogen-bond acceptors (Lipinski definition) is 7. The van der Waals surface area contributed by atoms with Crippen molar-refractivity contribution in [1.29, 1.82) is 0 Å². The average Bonchev–Trinajstić information content (AvgIpc) is 3.49. The quantitative estimate of drug-likeness (QED) is 0.258. The Morgan fingerprint density at radius 2 is 1.75 bits per heavy atom. The zero-order chi connectivity index (χ0) is 26.0. The van der Waals surface area contributed by atoms with Crippen LogP contribution in [0.3, 0.4) is 0 Å². The van der Waals surface area contributed by atoms with Crippen LogP contribution in [-0.2, 0) is 17.1 Å². The fourth-order valence-electron chi connectivity index (χ4n) is 3.77. The van der Waals surface area contributed by atoms with Crippen LogP contribution in [0.25, 0.3) is 16.8 Å². The molecular formula is C26H25N3O6S. The van der Waals surface area contributed by atoms with Crippen LogP contribution in [0, 0.1) is 6.92 Å². The lowest BCUT2D eigenvalue weighted by atomic mass is 9.95. The number of aromatic nitrogens is 2. The number of benzene rings is 2. The van der Waals surface area contributed by atoms with Crippen molar-refractivity contribution in [2.45, 2.75) is 11.8 Å². The molecule has 0 aliphatic carbocycles. The minimum Gasteiger partial charge on any atom is -0.496 e. The highest BCUT2D eigenvalue weighted by molar-refractivity contribution is 7.92. The van der Waals surface area contributed by atoms with Crippen molar-refractivity contribution in [3.63, 3.8) is 0 Å². The van der Waals surface area contributed by atoms with Crippen molar-refractivity contribution >= 4 is 27.2 Å². The van der Waals surface area contributed by atoms with Crippen molar-refractivity contribution in [1.82, 2.24) is 9.72 Å². The molecule has 0 atom stereocenters. The Hall–Kier alpha value is -4.31. The highest BCUT2D eigenvalue weighted by Gasteiger charge is 2.22. The summed E-state index contributed by atoms with van der Waals surface area (Å²) >= 11 is 0. The number of sulfonamides is 1. The molecule has 0 amide bonds. The number of anilines is 1. The molecule has 186 valence electrons. The number of allylic oxidation sites excluding steroid dienone is 1. The maximum atomic E-state index is 13.3. The van der Waals surface area contributed by atoms with E-state index < -0.39 is 10.0 Å². The molecule has 36 heavy (non-hydrogen) atoms. The minimum atomic E-state index is -3.91. The lowest BCUT2D eigenvalue weighted by molar-refractivity contribution is 0.105. The molecule has 2 aromatic carbocycles. The molecule has 0 unspecified atom stereocenters. The molecule has 9 nitrogen and oxygen atoms in total. The zero-order valence-corrected chi connectivity index (χ0v) is 21.0. The van der Waals surface area contributed by atoms with Gasteiger partial charge in [-0.3, -0.25) is 9.52 Å². The number of hydrogen-bond donors (Lipinski definition) is 1. The Bertz CT molecular complexity index is 1550. The van der Waals surface area contributed by atoms with Gasteiger partial charge in [0.1, 0.15) is 17.3 Å². The third-order valence-corrected chi connectivity index (χ3v) is 7.00. The van der Waals surface area contributed by atoms with Gasteiger partial charge in [-0.1, -0.05) is 11.7 Å². The summed E-state index contributed by atoms with van der Waals surface area (Å²) in [4.78, 5) is 13.3. The van der Waals surface area contributed by atoms with E-state index in [0.29, 0.717) is 22.8 Å². The Kier molecular flexibility index (Phi) is 6.71. The smallest absolute Gasteiger partial charge is 0.263 e. The molecule has 0 saturated heterocycles. The molecule has 1 N–H and O–H groups in total. The number of ether oxygens (including phenoxy) is 2. The predicted octanol–water partition coefficient (Wildman–Crippen LogP) is 4.70. The number of methoxy groups -OCH3 is 2. The van der Waals surface area contributed by atoms with Crippen molar-refractivity contribution in [2.24, 2.45) is 7.05 Å². The van der Waals surface area contributed by atoms with Crippen molar-refractivity contribution in [3.8, 4) is 22.8 Å². The summed E-state index contributed by atoms with van der Waals surface area (Å²) in [5.41, 5.74) is 2.62. The van der Waals surface area contributed by atoms with Gasteiger partial charge < -0.3 is 18.6 Å². The first kappa shape index (κ1) is 24.8. The van der Waals surface area contributed by atoms with Gasteiger partial charge in [0.05, 0.1) is 24.8 Å². The number of Topliss-reactive ketones (excluding diaryl/α,β-unsaturated/α-hetero) is 1. The first-order valence-electron chi connectivity index (χ1n) is 10.8. The fourth-order valence-corrected chi connectivity index (χ4v) is 4.75. The third-order valence-electron chi connectivity index (χ3n) is 5.63. The number of nitrogens with one attached hydrogen (secondary N) is 1. The highest BCUT2D eigenvalue weighted by Crippen LogP contribution is 2.39. The van der Waals surface area contributed by atoms with E-state index in [1.165, 1.54) is 37.4 Å². The molecule has 0 radical (unpaired) electrons. The molecule has 10 heteroatoms. The van der Waals surface area contributed by atoms with Crippen LogP contribution < -0.4 is 14.2 Å². The van der Waals surface area contributed by atoms with E-state index in [-0.39, 0.29) is 27.6 Å². The number of rotatable bonds is 9. The maximum absolute atomic E-state index is 13.3. The van der Waals surface area contributed by atoms with Gasteiger partial charge in [0.15, 0.2) is 11.6 Å². The minimum absolute atomic E-state index is 0.0293. The van der Waals surface area contributed by atoms with Crippen LogP contribution in [-0.4, -0.2) is 38.1 Å². The molecule has 0 aliphatic rings. The molecule has 0 bridgehead atoms. The van der Waals surface area contributed by atoms with E-state index in [0.717, 1.165) is 11.3 Å². The largest absolute Gasteiger partial charge is 0.496 e. The molecule has 4 aromatic rings. The number of carbonyl (C=O) groups excluding carboxylic acids is 1. The van der Waals surface area contributed by atoms with E-state index in [1.54, 1.807) is 26.2 Å². The normalized spacial score (nSPS) is 11.2. The first-order chi connectivity index (χ1) is 17.1. The molecule has 0 saturated carbocycles. The van der Waals surface area contributed by atoms with Crippen LogP contribution in [0.1, 0.15) is 21.7 Å². The summed E-state index contributed by atoms with van der Waals surface area (Å²) in [6, 6.07) is 14.4. The number of ketones is 1. The van der Waals surface area contributed by atoms with Crippen LogP contribution in [0.15, 0.2) is 76.8 Å². The molecule has 2 heterocycles. The van der Waals surface area contributed by atoms with Gasteiger partial charge in [0.25, 0.3) is 10.0 Å². The van der Waals surface area contributed by atoms with Gasteiger partial charge >= 0.3 is 0 Å². The summed E-state index contributed by atoms with van der Waals surface area (Å²) in [7, 11) is 1.06. The van der Waals surface area contributed by atoms with E-state index in [1.807, 2.05) is 29.9 Å². The second-order valence-electron chi connectivity index (χ2n) is 8.02. The Labute approximate surface area is 209 Å². The standard InChI is InChI=1S/C26H25N3O6S/c1-16-13-25(27-35-16)28-36(31,32)19-10-8-18(9-11-19)26(30)17(2)20-14-21(22-7-6-12-29(22)3)24(34-5)15-23(20)33-4/h6-15H,2H2,1,3-5H3,(H,27,28). The molecular weight excluding hydrogens is 482 g/mol. The molecule has 2 aromatic heterocycles. The van der Waals surface area contributed by atoms with Crippen LogP contribution >= 0.6 is 0 Å². The highest BCUT2D eigenvalue weighted by atomic mass is 32.2. The number of nitrogens with zero attached hydrogens (tertiary/aromatic N) is 2. The summed E-state index contributed by atoms with van der Waals surface area (Å²) in [6.07, 6.45) is 1.91. The SMILES string of the molecule is C=C(C(=O)c1ccc(S(=O)(=O)Nc2cc(C)on2)cc1)c1cc(-c2cccn2C)c(OC)cc1OC. The van der Waals surface area contributed by atoms with Crippen molar-refractivity contribution in [2.75, 3.05) is 18.9 Å². The van der Waals surface area contributed by atoms with Crippen LogP contribution in [0.2, 0.25) is 0 Å². The van der Waals surface area contributed by atoms with Crippen molar-refractivity contribution < 1.29 is 27.2 Å². The molecule has 0 aliphatic heterocycles. The van der Waals surface area contributed by atoms with Crippen LogP contribution in [0.4, 0.5) is 5.82 Å². The lowest BCUT2D eigenvalue weighted by Crippen LogP contribution is -2.13. The zero-order valence-electron chi connectivity index (χ0n) is 20.2. The second kappa shape index (κ2) is 9.74. The van der Waals surface area contributed by atoms with E-state index in [4.69, 9.17) is 14.0 Å². The topological polar surface area (TPSA) is 113 Å². The summed E-state index contributed by atoms with van der Waals surface area (Å²) in [6.45, 7) is 5.66. The monoisotopic (exact) mass is 507 g/mol. The number of aryl methyl sites for hydroxylation is 2. The second-order valence-corrected chi connectivity index (χ2v) is 9.70. The predicted molar refractivity (Wildman–Crippen MR) is 136 cm³/mol. The first-order valence-corrected chi connectivity index (χ1v) is 12.3. The van der Waals surface area contributed by atoms with E-state index in [2.05, 4.69) is 16.5 Å². The molecule has 0 fully saturated rings. The van der Waals surface area contributed by atoms with Gasteiger partial charge in [0.2, 0.25) is 0 Å². The maximum Gasteiger partial charge on any atom is 0.263 e.